The number of phenolic OH excluding ortho intramolecular Hbond substituents is 1. The third-order valence-corrected chi connectivity index (χ3v) is 5.56. The molecule has 5 heteroatoms. The highest BCUT2D eigenvalue weighted by Crippen LogP contribution is 2.27. The molecule has 150 valence electrons. The lowest BCUT2D eigenvalue weighted by molar-refractivity contribution is -0.126. The fourth-order valence-corrected chi connectivity index (χ4v) is 3.84. The second kappa shape index (κ2) is 9.60. The third-order valence-electron chi connectivity index (χ3n) is 5.56. The maximum Gasteiger partial charge on any atom is 0.237 e. The topological polar surface area (TPSA) is 55.8 Å². The maximum atomic E-state index is 12.9. The zero-order valence-electron chi connectivity index (χ0n) is 16.8. The van der Waals surface area contributed by atoms with Crippen molar-refractivity contribution in [3.63, 3.8) is 0 Å². The molecule has 0 radical (unpaired) electrons. The summed E-state index contributed by atoms with van der Waals surface area (Å²) in [7, 11) is 0. The molecule has 1 aliphatic rings. The molecule has 2 N–H and O–H groups in total. The second-order valence-electron chi connectivity index (χ2n) is 7.45. The van der Waals surface area contributed by atoms with Crippen LogP contribution >= 0.6 is 0 Å². The molecule has 0 bridgehead atoms. The lowest BCUT2D eigenvalue weighted by Gasteiger charge is -2.39. The molecule has 3 rings (SSSR count). The minimum Gasteiger partial charge on any atom is -0.506 e. The Labute approximate surface area is 168 Å². The predicted octanol–water partition coefficient (Wildman–Crippen LogP) is 3.56. The number of carbonyl (C=O) groups is 1. The first-order valence-corrected chi connectivity index (χ1v) is 10.2. The standard InChI is InChI=1S/C23H31N3O2/c1-3-9-20(19-10-5-4-6-11-19)24-23(28)18(2)25-14-16-26(17-15-25)21-12-7-8-13-22(21)27/h4-8,10-13,18,20,27H,3,9,14-17H2,1-2H3,(H,24,28)/t18-,20-/m1/s1. The molecule has 2 aromatic rings. The zero-order chi connectivity index (χ0) is 19.9. The van der Waals surface area contributed by atoms with E-state index in [0.717, 1.165) is 50.3 Å². The highest BCUT2D eigenvalue weighted by atomic mass is 16.3. The second-order valence-corrected chi connectivity index (χ2v) is 7.45. The molecule has 2 atom stereocenters. The molecule has 2 aromatic carbocycles. The van der Waals surface area contributed by atoms with Crippen LogP contribution in [-0.4, -0.2) is 48.1 Å². The lowest BCUT2D eigenvalue weighted by atomic mass is 10.0. The number of nitrogens with zero attached hydrogens (tertiary/aromatic N) is 2. The van der Waals surface area contributed by atoms with Gasteiger partial charge in [0.2, 0.25) is 5.91 Å². The van der Waals surface area contributed by atoms with Gasteiger partial charge in [0.1, 0.15) is 5.75 Å². The van der Waals surface area contributed by atoms with Gasteiger partial charge in [0.15, 0.2) is 0 Å². The summed E-state index contributed by atoms with van der Waals surface area (Å²) in [4.78, 5) is 17.3. The predicted molar refractivity (Wildman–Crippen MR) is 114 cm³/mol. The van der Waals surface area contributed by atoms with Gasteiger partial charge < -0.3 is 15.3 Å². The monoisotopic (exact) mass is 381 g/mol. The average Bonchev–Trinajstić information content (AvgIpc) is 2.74. The van der Waals surface area contributed by atoms with Gasteiger partial charge in [0, 0.05) is 26.2 Å². The summed E-state index contributed by atoms with van der Waals surface area (Å²) in [6, 6.07) is 17.5. The van der Waals surface area contributed by atoms with Crippen molar-refractivity contribution in [3.8, 4) is 5.75 Å². The van der Waals surface area contributed by atoms with Crippen LogP contribution in [0.25, 0.3) is 0 Å². The molecule has 1 saturated heterocycles. The van der Waals surface area contributed by atoms with E-state index in [1.165, 1.54) is 0 Å². The number of carbonyl (C=O) groups excluding carboxylic acids is 1. The van der Waals surface area contributed by atoms with Gasteiger partial charge in [-0.2, -0.15) is 0 Å². The fraction of sp³-hybridized carbons (Fsp3) is 0.435. The molecule has 0 saturated carbocycles. The van der Waals surface area contributed by atoms with Crippen LogP contribution in [-0.2, 0) is 4.79 Å². The van der Waals surface area contributed by atoms with Crippen molar-refractivity contribution in [1.82, 2.24) is 10.2 Å². The van der Waals surface area contributed by atoms with Crippen LogP contribution in [0.4, 0.5) is 5.69 Å². The van der Waals surface area contributed by atoms with Crippen molar-refractivity contribution < 1.29 is 9.90 Å². The van der Waals surface area contributed by atoms with Crippen LogP contribution < -0.4 is 10.2 Å². The minimum absolute atomic E-state index is 0.0590. The van der Waals surface area contributed by atoms with Crippen molar-refractivity contribution in [3.05, 3.63) is 60.2 Å². The van der Waals surface area contributed by atoms with E-state index < -0.39 is 0 Å². The Bertz CT molecular complexity index is 757. The zero-order valence-corrected chi connectivity index (χ0v) is 16.8. The Morgan fingerprint density at radius 3 is 2.32 bits per heavy atom. The highest BCUT2D eigenvalue weighted by molar-refractivity contribution is 5.81. The van der Waals surface area contributed by atoms with E-state index in [-0.39, 0.29) is 18.0 Å². The Hall–Kier alpha value is -2.53. The van der Waals surface area contributed by atoms with Crippen molar-refractivity contribution >= 4 is 11.6 Å². The number of para-hydroxylation sites is 2. The molecule has 1 amide bonds. The van der Waals surface area contributed by atoms with E-state index in [1.54, 1.807) is 6.07 Å². The summed E-state index contributed by atoms with van der Waals surface area (Å²) in [5.74, 6) is 0.394. The van der Waals surface area contributed by atoms with Crippen molar-refractivity contribution in [2.24, 2.45) is 0 Å². The summed E-state index contributed by atoms with van der Waals surface area (Å²) in [5, 5.41) is 13.3. The molecule has 0 spiro atoms. The summed E-state index contributed by atoms with van der Waals surface area (Å²) in [5.41, 5.74) is 2.03. The number of hydrogen-bond donors (Lipinski definition) is 2. The molecule has 28 heavy (non-hydrogen) atoms. The number of benzene rings is 2. The van der Waals surface area contributed by atoms with Crippen LogP contribution in [0.1, 0.15) is 38.3 Å². The molecule has 1 heterocycles. The van der Waals surface area contributed by atoms with Gasteiger partial charge in [0.05, 0.1) is 17.8 Å². The summed E-state index contributed by atoms with van der Waals surface area (Å²) >= 11 is 0. The summed E-state index contributed by atoms with van der Waals surface area (Å²) in [6.07, 6.45) is 1.96. The highest BCUT2D eigenvalue weighted by Gasteiger charge is 2.27. The van der Waals surface area contributed by atoms with Crippen molar-refractivity contribution in [2.45, 2.75) is 38.8 Å². The average molecular weight is 382 g/mol. The molecule has 0 aliphatic carbocycles. The molecule has 0 aromatic heterocycles. The maximum absolute atomic E-state index is 12.9. The number of amides is 1. The van der Waals surface area contributed by atoms with Crippen LogP contribution in [0, 0.1) is 0 Å². The molecule has 1 aliphatic heterocycles. The Morgan fingerprint density at radius 2 is 1.68 bits per heavy atom. The van der Waals surface area contributed by atoms with Crippen molar-refractivity contribution in [1.29, 1.82) is 0 Å². The van der Waals surface area contributed by atoms with Crippen LogP contribution in [0.5, 0.6) is 5.75 Å². The van der Waals surface area contributed by atoms with E-state index in [2.05, 4.69) is 34.2 Å². The van der Waals surface area contributed by atoms with Gasteiger partial charge in [0.25, 0.3) is 0 Å². The molecular formula is C23H31N3O2. The van der Waals surface area contributed by atoms with Gasteiger partial charge in [-0.1, -0.05) is 55.8 Å². The quantitative estimate of drug-likeness (QED) is 0.770. The van der Waals surface area contributed by atoms with Crippen LogP contribution in [0.2, 0.25) is 0 Å². The Balaban J connectivity index is 1.57. The first-order chi connectivity index (χ1) is 13.6. The molecule has 0 unspecified atom stereocenters. The van der Waals surface area contributed by atoms with Gasteiger partial charge in [-0.15, -0.1) is 0 Å². The van der Waals surface area contributed by atoms with Crippen LogP contribution in [0.3, 0.4) is 0 Å². The molecule has 5 nitrogen and oxygen atoms in total. The van der Waals surface area contributed by atoms with Gasteiger partial charge in [-0.3, -0.25) is 9.69 Å². The van der Waals surface area contributed by atoms with Gasteiger partial charge in [-0.25, -0.2) is 0 Å². The van der Waals surface area contributed by atoms with E-state index in [9.17, 15) is 9.90 Å². The smallest absolute Gasteiger partial charge is 0.237 e. The number of aromatic hydroxyl groups is 1. The van der Waals surface area contributed by atoms with Crippen LogP contribution in [0.15, 0.2) is 54.6 Å². The fourth-order valence-electron chi connectivity index (χ4n) is 3.84. The van der Waals surface area contributed by atoms with E-state index in [0.29, 0.717) is 5.75 Å². The van der Waals surface area contributed by atoms with E-state index in [1.807, 2.05) is 43.3 Å². The first kappa shape index (κ1) is 20.2. The van der Waals surface area contributed by atoms with Gasteiger partial charge >= 0.3 is 0 Å². The Morgan fingerprint density at radius 1 is 1.04 bits per heavy atom. The number of hydrogen-bond acceptors (Lipinski definition) is 4. The number of piperazine rings is 1. The third kappa shape index (κ3) is 4.84. The Kier molecular flexibility index (Phi) is 6.93. The lowest BCUT2D eigenvalue weighted by Crippen LogP contribution is -2.54. The van der Waals surface area contributed by atoms with E-state index >= 15 is 0 Å². The van der Waals surface area contributed by atoms with Crippen molar-refractivity contribution in [2.75, 3.05) is 31.1 Å². The number of phenols is 1. The molecular weight excluding hydrogens is 350 g/mol. The number of nitrogens with one attached hydrogen (secondary N) is 1. The SMILES string of the molecule is CCC[C@@H](NC(=O)[C@@H](C)N1CCN(c2ccccc2O)CC1)c1ccccc1. The largest absolute Gasteiger partial charge is 0.506 e. The van der Waals surface area contributed by atoms with E-state index in [4.69, 9.17) is 0 Å². The normalized spacial score (nSPS) is 17.1. The minimum atomic E-state index is -0.172. The summed E-state index contributed by atoms with van der Waals surface area (Å²) < 4.78 is 0. The molecule has 1 fully saturated rings. The first-order valence-electron chi connectivity index (χ1n) is 10.2. The summed E-state index contributed by atoms with van der Waals surface area (Å²) in [6.45, 7) is 7.32. The van der Waals surface area contributed by atoms with Gasteiger partial charge in [-0.05, 0) is 31.0 Å². The number of anilines is 1. The number of rotatable bonds is 7.